The van der Waals surface area contributed by atoms with Crippen molar-refractivity contribution >= 4 is 51.6 Å². The van der Waals surface area contributed by atoms with E-state index in [0.717, 1.165) is 56.2 Å². The third kappa shape index (κ3) is 10.0. The summed E-state index contributed by atoms with van der Waals surface area (Å²) in [4.78, 5) is 83.8. The molecule has 1 aromatic carbocycles. The van der Waals surface area contributed by atoms with Crippen LogP contribution in [0.2, 0.25) is 0 Å². The molecule has 346 valence electrons. The zero-order valence-corrected chi connectivity index (χ0v) is 36.5. The van der Waals surface area contributed by atoms with Gasteiger partial charge in [0.2, 0.25) is 17.8 Å². The highest BCUT2D eigenvalue weighted by Crippen LogP contribution is 2.45. The van der Waals surface area contributed by atoms with Gasteiger partial charge in [-0.25, -0.2) is 37.1 Å². The van der Waals surface area contributed by atoms with Crippen LogP contribution in [0.5, 0.6) is 0 Å². The first-order chi connectivity index (χ1) is 30.8. The fraction of sp³-hybridized carbons (Fsp3) is 0.605. The Labute approximate surface area is 371 Å². The first-order valence-corrected chi connectivity index (χ1v) is 23.8. The summed E-state index contributed by atoms with van der Waals surface area (Å²) in [6, 6.07) is 0.822. The minimum absolute atomic E-state index is 0.0141. The summed E-state index contributed by atoms with van der Waals surface area (Å²) in [5.74, 6) is -3.46. The molecular weight excluding hydrogens is 854 g/mol. The van der Waals surface area contributed by atoms with Gasteiger partial charge in [0.05, 0.1) is 44.2 Å². The highest BCUT2D eigenvalue weighted by Gasteiger charge is 2.61. The molecule has 4 aliphatic heterocycles. The van der Waals surface area contributed by atoms with E-state index in [1.807, 2.05) is 4.90 Å². The molecule has 64 heavy (non-hydrogen) atoms. The average molecular weight is 910 g/mol. The van der Waals surface area contributed by atoms with Crippen molar-refractivity contribution < 1.29 is 51.0 Å². The number of morpholine rings is 1. The Hall–Kier alpha value is -5.57. The maximum Gasteiger partial charge on any atom is 0.410 e. The molecule has 1 spiro atoms. The number of anilines is 2. The van der Waals surface area contributed by atoms with Crippen LogP contribution >= 0.6 is 0 Å². The minimum Gasteiger partial charge on any atom is -0.446 e. The van der Waals surface area contributed by atoms with Gasteiger partial charge in [-0.1, -0.05) is 31.8 Å². The Morgan fingerprint density at radius 1 is 0.984 bits per heavy atom. The molecule has 0 radical (unpaired) electrons. The topological polar surface area (TPSA) is 231 Å². The number of halogens is 1. The molecule has 2 aliphatic carbocycles. The first kappa shape index (κ1) is 45.0. The Balaban J connectivity index is 1.04. The zero-order valence-electron chi connectivity index (χ0n) is 35.7. The molecule has 5 heterocycles. The smallest absolute Gasteiger partial charge is 0.410 e. The summed E-state index contributed by atoms with van der Waals surface area (Å²) in [5, 5.41) is 8.54. The molecule has 1 aromatic heterocycles. The van der Waals surface area contributed by atoms with Crippen LogP contribution < -0.4 is 25.6 Å². The van der Waals surface area contributed by atoms with Gasteiger partial charge in [-0.2, -0.15) is 0 Å². The summed E-state index contributed by atoms with van der Waals surface area (Å²) in [7, 11) is -4.68. The minimum atomic E-state index is -4.68. The van der Waals surface area contributed by atoms with E-state index in [9.17, 15) is 36.8 Å². The van der Waals surface area contributed by atoms with Gasteiger partial charge in [-0.15, -0.1) is 6.58 Å². The van der Waals surface area contributed by atoms with Gasteiger partial charge < -0.3 is 40.0 Å². The largest absolute Gasteiger partial charge is 0.446 e. The van der Waals surface area contributed by atoms with Gasteiger partial charge >= 0.3 is 12.2 Å². The van der Waals surface area contributed by atoms with Crippen molar-refractivity contribution in [3.05, 3.63) is 54.1 Å². The molecule has 4 N–H and O–H groups in total. The van der Waals surface area contributed by atoms with Crippen LogP contribution in [0, 0.1) is 11.7 Å². The molecule has 21 heteroatoms. The standard InChI is InChI=1S/C43H56FN9O10S/c1-2-28-22-43(28)39(56)50-64(59,60)36-20-29(44)13-14-32(36)45-15-9-5-3-4-6-12-33(48-41(57)62-30-10-7-8-11-30)38(55)53-25-31(21-35(53)37(54)49-43)63-42(58)52-24-27-23-46-40(47-34(27)26-52)51-16-18-61-19-17-51/h2,13-14,20,23,28,30-31,33,35,45H,1,3-12,15-19,21-22,24-26H2,(H,48,57)(H,49,54)(H,50,56)/t28-,31-,33+,35+,43-/m1/s1. The highest BCUT2D eigenvalue weighted by molar-refractivity contribution is 7.90. The predicted octanol–water partition coefficient (Wildman–Crippen LogP) is 3.24. The van der Waals surface area contributed by atoms with Crippen LogP contribution in [0.1, 0.15) is 88.3 Å². The van der Waals surface area contributed by atoms with Crippen LogP contribution in [0.4, 0.5) is 25.6 Å². The van der Waals surface area contributed by atoms with E-state index in [1.165, 1.54) is 21.9 Å². The number of benzene rings is 1. The van der Waals surface area contributed by atoms with Gasteiger partial charge in [0.15, 0.2) is 0 Å². The second kappa shape index (κ2) is 19.3. The van der Waals surface area contributed by atoms with Gasteiger partial charge in [-0.3, -0.25) is 19.3 Å². The van der Waals surface area contributed by atoms with Crippen LogP contribution in [0.15, 0.2) is 41.9 Å². The van der Waals surface area contributed by atoms with Crippen molar-refractivity contribution in [2.24, 2.45) is 5.92 Å². The normalized spacial score (nSPS) is 27.9. The number of nitrogens with zero attached hydrogens (tertiary/aromatic N) is 5. The summed E-state index contributed by atoms with van der Waals surface area (Å²) in [6.45, 7) is 6.64. The number of sulfonamides is 1. The lowest BCUT2D eigenvalue weighted by Gasteiger charge is -2.30. The number of hydrogen-bond acceptors (Lipinski definition) is 14. The van der Waals surface area contributed by atoms with Crippen molar-refractivity contribution in [3.8, 4) is 0 Å². The average Bonchev–Trinajstić information content (AvgIpc) is 3.66. The highest BCUT2D eigenvalue weighted by atomic mass is 32.2. The fourth-order valence-corrected chi connectivity index (χ4v) is 10.5. The first-order valence-electron chi connectivity index (χ1n) is 22.3. The maximum absolute atomic E-state index is 14.7. The van der Waals surface area contributed by atoms with Crippen molar-refractivity contribution in [1.29, 1.82) is 0 Å². The van der Waals surface area contributed by atoms with E-state index in [1.54, 1.807) is 6.20 Å². The van der Waals surface area contributed by atoms with Crippen molar-refractivity contribution in [1.82, 2.24) is 35.1 Å². The number of alkyl carbamates (subject to hydrolysis) is 1. The van der Waals surface area contributed by atoms with E-state index in [-0.39, 0.29) is 50.7 Å². The number of rotatable bonds is 5. The monoisotopic (exact) mass is 909 g/mol. The molecule has 5 amide bonds. The van der Waals surface area contributed by atoms with E-state index in [0.29, 0.717) is 63.8 Å². The molecule has 6 aliphatic rings. The molecule has 5 atom stereocenters. The lowest BCUT2D eigenvalue weighted by Crippen LogP contribution is -2.58. The molecular formula is C43H56FN9O10S. The number of aromatic nitrogens is 2. The molecule has 2 saturated heterocycles. The third-order valence-corrected chi connectivity index (χ3v) is 14.3. The van der Waals surface area contributed by atoms with Crippen LogP contribution in [-0.4, -0.2) is 127 Å². The SMILES string of the molecule is C=C[C@@H]1C[C@@]12NC(=O)[C@@H]1C[C@@H](OC(=O)N3Cc4cnc(N5CCOCC5)nc4C3)CN1C(=O)[C@@H](NC(=O)OC1CCCC1)CCCCCCCNc1ccc(F)cc1S(=O)(=O)NC2=O. The van der Waals surface area contributed by atoms with Crippen molar-refractivity contribution in [2.75, 3.05) is 49.6 Å². The van der Waals surface area contributed by atoms with E-state index >= 15 is 0 Å². The molecule has 0 bridgehead atoms. The van der Waals surface area contributed by atoms with Crippen LogP contribution in [0.25, 0.3) is 0 Å². The maximum atomic E-state index is 14.7. The Bertz CT molecular complexity index is 2240. The summed E-state index contributed by atoms with van der Waals surface area (Å²) < 4.78 is 61.2. The zero-order chi connectivity index (χ0) is 45.0. The Morgan fingerprint density at radius 2 is 1.73 bits per heavy atom. The predicted molar refractivity (Wildman–Crippen MR) is 227 cm³/mol. The number of hydrogen-bond donors (Lipinski definition) is 4. The molecule has 0 unspecified atom stereocenters. The van der Waals surface area contributed by atoms with Gasteiger partial charge in [0.25, 0.3) is 15.9 Å². The molecule has 2 saturated carbocycles. The second-order valence-corrected chi connectivity index (χ2v) is 19.1. The summed E-state index contributed by atoms with van der Waals surface area (Å²) >= 11 is 0. The molecule has 2 aromatic rings. The molecule has 8 rings (SSSR count). The summed E-state index contributed by atoms with van der Waals surface area (Å²) in [6.07, 6.45) is 7.09. The van der Waals surface area contributed by atoms with Gasteiger partial charge in [-0.05, 0) is 63.1 Å². The van der Waals surface area contributed by atoms with E-state index in [4.69, 9.17) is 19.2 Å². The number of carbonyl (C=O) groups excluding carboxylic acids is 5. The number of carbonyl (C=O) groups is 5. The van der Waals surface area contributed by atoms with Crippen LogP contribution in [0.3, 0.4) is 0 Å². The quantitative estimate of drug-likeness (QED) is 0.316. The lowest BCUT2D eigenvalue weighted by atomic mass is 10.0. The Morgan fingerprint density at radius 3 is 2.50 bits per heavy atom. The van der Waals surface area contributed by atoms with E-state index in [2.05, 4.69) is 32.2 Å². The number of nitrogens with one attached hydrogen (secondary N) is 4. The lowest BCUT2D eigenvalue weighted by molar-refractivity contribution is -0.141. The van der Waals surface area contributed by atoms with Crippen LogP contribution in [-0.2, 0) is 51.7 Å². The van der Waals surface area contributed by atoms with Gasteiger partial charge in [0, 0.05) is 43.7 Å². The molecule has 4 fully saturated rings. The fourth-order valence-electron chi connectivity index (χ4n) is 9.27. The van der Waals surface area contributed by atoms with Gasteiger partial charge in [0.1, 0.15) is 40.5 Å². The number of amides is 5. The number of fused-ring (bicyclic) bond motifs is 3. The third-order valence-electron chi connectivity index (χ3n) is 13.0. The van der Waals surface area contributed by atoms with E-state index < -0.39 is 80.3 Å². The Kier molecular flexibility index (Phi) is 13.6. The second-order valence-electron chi connectivity index (χ2n) is 17.4. The van der Waals surface area contributed by atoms with Crippen molar-refractivity contribution in [3.63, 3.8) is 0 Å². The van der Waals surface area contributed by atoms with Crippen molar-refractivity contribution in [2.45, 2.75) is 125 Å². The summed E-state index contributed by atoms with van der Waals surface area (Å²) in [5.41, 5.74) is -0.257. The number of ether oxygens (including phenoxy) is 3. The molecule has 19 nitrogen and oxygen atoms in total.